The van der Waals surface area contributed by atoms with Crippen molar-refractivity contribution in [2.45, 2.75) is 39.7 Å². The summed E-state index contributed by atoms with van der Waals surface area (Å²) in [6.07, 6.45) is 4.04. The molecule has 0 fully saturated rings. The van der Waals surface area contributed by atoms with E-state index in [2.05, 4.69) is 19.9 Å². The van der Waals surface area contributed by atoms with E-state index in [0.29, 0.717) is 5.41 Å². The lowest BCUT2D eigenvalue weighted by Crippen LogP contribution is -2.22. The molecule has 1 N–H and O–H groups in total. The number of hydrogen-bond acceptors (Lipinski definition) is 1. The summed E-state index contributed by atoms with van der Waals surface area (Å²) in [5.74, 6) is 0. The van der Waals surface area contributed by atoms with Crippen LogP contribution in [0.25, 0.3) is 0 Å². The Kier molecular flexibility index (Phi) is 1.86. The molecule has 0 radical (unpaired) electrons. The van der Waals surface area contributed by atoms with E-state index >= 15 is 0 Å². The smallest absolute Gasteiger partial charge is 0.0747 e. The Bertz CT molecular complexity index is 156. The van der Waals surface area contributed by atoms with Gasteiger partial charge in [-0.15, -0.1) is 0 Å². The fourth-order valence-electron chi connectivity index (χ4n) is 1.52. The number of aliphatic hydroxyl groups is 1. The molecule has 1 nitrogen and oxygen atoms in total. The summed E-state index contributed by atoms with van der Waals surface area (Å²) in [5, 5.41) is 9.34. The van der Waals surface area contributed by atoms with E-state index in [1.165, 1.54) is 0 Å². The van der Waals surface area contributed by atoms with Crippen molar-refractivity contribution in [2.75, 3.05) is 0 Å². The van der Waals surface area contributed by atoms with Gasteiger partial charge >= 0.3 is 0 Å². The summed E-state index contributed by atoms with van der Waals surface area (Å²) in [4.78, 5) is 0. The van der Waals surface area contributed by atoms with Crippen LogP contribution in [-0.4, -0.2) is 11.2 Å². The molecule has 0 bridgehead atoms. The van der Waals surface area contributed by atoms with Gasteiger partial charge in [-0.2, -0.15) is 0 Å². The molecular weight excluding hydrogens is 124 g/mol. The van der Waals surface area contributed by atoms with Crippen LogP contribution in [0.5, 0.6) is 0 Å². The molecule has 1 atom stereocenters. The molecule has 1 aliphatic carbocycles. The topological polar surface area (TPSA) is 20.2 Å². The lowest BCUT2D eigenvalue weighted by molar-refractivity contribution is 0.167. The van der Waals surface area contributed by atoms with E-state index < -0.39 is 0 Å². The molecule has 1 heteroatoms. The van der Waals surface area contributed by atoms with Crippen molar-refractivity contribution >= 4 is 0 Å². The molecule has 0 unspecified atom stereocenters. The Hall–Kier alpha value is -0.300. The third-order valence-corrected chi connectivity index (χ3v) is 2.21. The Morgan fingerprint density at radius 1 is 1.60 bits per heavy atom. The van der Waals surface area contributed by atoms with Gasteiger partial charge in [-0.3, -0.25) is 0 Å². The maximum absolute atomic E-state index is 9.34. The number of hydrogen-bond donors (Lipinski definition) is 1. The highest BCUT2D eigenvalue weighted by Crippen LogP contribution is 2.32. The molecule has 0 saturated heterocycles. The summed E-state index contributed by atoms with van der Waals surface area (Å²) in [6.45, 7) is 6.43. The Morgan fingerprint density at radius 3 is 2.60 bits per heavy atom. The van der Waals surface area contributed by atoms with E-state index in [-0.39, 0.29) is 6.10 Å². The first-order valence-electron chi connectivity index (χ1n) is 3.89. The molecule has 0 amide bonds. The van der Waals surface area contributed by atoms with Crippen LogP contribution in [0.1, 0.15) is 33.6 Å². The van der Waals surface area contributed by atoms with Crippen molar-refractivity contribution in [3.05, 3.63) is 11.6 Å². The summed E-state index contributed by atoms with van der Waals surface area (Å²) in [5.41, 5.74) is 1.44. The van der Waals surface area contributed by atoms with Gasteiger partial charge in [0, 0.05) is 0 Å². The van der Waals surface area contributed by atoms with Crippen molar-refractivity contribution in [1.82, 2.24) is 0 Å². The molecular formula is C9H16O. The molecule has 10 heavy (non-hydrogen) atoms. The quantitative estimate of drug-likeness (QED) is 0.511. The van der Waals surface area contributed by atoms with Gasteiger partial charge in [-0.25, -0.2) is 0 Å². The SMILES string of the molecule is CC1=CC(C)(C)CC[C@@H]1O. The zero-order chi connectivity index (χ0) is 7.78. The number of aliphatic hydroxyl groups excluding tert-OH is 1. The average Bonchev–Trinajstić information content (AvgIpc) is 1.79. The molecule has 1 aliphatic rings. The predicted octanol–water partition coefficient (Wildman–Crippen LogP) is 2.11. The molecule has 0 aromatic rings. The van der Waals surface area contributed by atoms with Crippen LogP contribution >= 0.6 is 0 Å². The first kappa shape index (κ1) is 7.80. The van der Waals surface area contributed by atoms with Crippen LogP contribution in [-0.2, 0) is 0 Å². The van der Waals surface area contributed by atoms with Crippen molar-refractivity contribution in [3.63, 3.8) is 0 Å². The summed E-state index contributed by atoms with van der Waals surface area (Å²) >= 11 is 0. The molecule has 0 aromatic heterocycles. The predicted molar refractivity (Wildman–Crippen MR) is 42.8 cm³/mol. The van der Waals surface area contributed by atoms with Gasteiger partial charge in [-0.1, -0.05) is 19.9 Å². The van der Waals surface area contributed by atoms with Crippen molar-refractivity contribution in [1.29, 1.82) is 0 Å². The van der Waals surface area contributed by atoms with Crippen molar-refractivity contribution in [3.8, 4) is 0 Å². The van der Waals surface area contributed by atoms with Gasteiger partial charge in [0.2, 0.25) is 0 Å². The number of rotatable bonds is 0. The van der Waals surface area contributed by atoms with E-state index in [0.717, 1.165) is 18.4 Å². The molecule has 0 spiro atoms. The molecule has 1 rings (SSSR count). The third kappa shape index (κ3) is 1.60. The summed E-state index contributed by atoms with van der Waals surface area (Å²) in [6, 6.07) is 0. The normalized spacial score (nSPS) is 31.6. The Morgan fingerprint density at radius 2 is 2.20 bits per heavy atom. The monoisotopic (exact) mass is 140 g/mol. The molecule has 0 heterocycles. The van der Waals surface area contributed by atoms with Gasteiger partial charge in [0.05, 0.1) is 6.10 Å². The fraction of sp³-hybridized carbons (Fsp3) is 0.778. The second kappa shape index (κ2) is 2.39. The maximum atomic E-state index is 9.34. The first-order chi connectivity index (χ1) is 4.51. The minimum Gasteiger partial charge on any atom is -0.389 e. The highest BCUT2D eigenvalue weighted by Gasteiger charge is 2.23. The van der Waals surface area contributed by atoms with Crippen LogP contribution in [0.3, 0.4) is 0 Å². The summed E-state index contributed by atoms with van der Waals surface area (Å²) in [7, 11) is 0. The fourth-order valence-corrected chi connectivity index (χ4v) is 1.52. The van der Waals surface area contributed by atoms with Gasteiger partial charge in [0.15, 0.2) is 0 Å². The minimum absolute atomic E-state index is 0.173. The number of allylic oxidation sites excluding steroid dienone is 1. The second-order valence-corrected chi connectivity index (χ2v) is 3.93. The van der Waals surface area contributed by atoms with Crippen LogP contribution in [0.2, 0.25) is 0 Å². The Balaban J connectivity index is 2.76. The first-order valence-corrected chi connectivity index (χ1v) is 3.89. The molecule has 0 saturated carbocycles. The standard InChI is InChI=1S/C9H16O/c1-7-6-9(2,3)5-4-8(7)10/h6,8,10H,4-5H2,1-3H3/t8-/m0/s1. The van der Waals surface area contributed by atoms with Gasteiger partial charge in [0.25, 0.3) is 0 Å². The zero-order valence-electron chi connectivity index (χ0n) is 7.02. The van der Waals surface area contributed by atoms with E-state index in [4.69, 9.17) is 0 Å². The maximum Gasteiger partial charge on any atom is 0.0747 e. The zero-order valence-corrected chi connectivity index (χ0v) is 7.02. The molecule has 0 aromatic carbocycles. The van der Waals surface area contributed by atoms with Crippen LogP contribution in [0, 0.1) is 5.41 Å². The van der Waals surface area contributed by atoms with Gasteiger partial charge < -0.3 is 5.11 Å². The molecule has 0 aliphatic heterocycles. The summed E-state index contributed by atoms with van der Waals surface area (Å²) < 4.78 is 0. The third-order valence-electron chi connectivity index (χ3n) is 2.21. The largest absolute Gasteiger partial charge is 0.389 e. The van der Waals surface area contributed by atoms with E-state index in [9.17, 15) is 5.11 Å². The highest BCUT2D eigenvalue weighted by atomic mass is 16.3. The Labute approximate surface area is 62.8 Å². The van der Waals surface area contributed by atoms with Crippen LogP contribution in [0.4, 0.5) is 0 Å². The van der Waals surface area contributed by atoms with E-state index in [1.54, 1.807) is 0 Å². The molecule has 58 valence electrons. The van der Waals surface area contributed by atoms with Crippen LogP contribution < -0.4 is 0 Å². The van der Waals surface area contributed by atoms with Crippen molar-refractivity contribution < 1.29 is 5.11 Å². The van der Waals surface area contributed by atoms with E-state index in [1.807, 2.05) is 6.92 Å². The lowest BCUT2D eigenvalue weighted by Gasteiger charge is -2.29. The van der Waals surface area contributed by atoms with Gasteiger partial charge in [-0.05, 0) is 30.8 Å². The minimum atomic E-state index is -0.173. The van der Waals surface area contributed by atoms with Gasteiger partial charge in [0.1, 0.15) is 0 Å². The second-order valence-electron chi connectivity index (χ2n) is 3.93. The highest BCUT2D eigenvalue weighted by molar-refractivity contribution is 5.13. The van der Waals surface area contributed by atoms with Crippen LogP contribution in [0.15, 0.2) is 11.6 Å². The van der Waals surface area contributed by atoms with Crippen molar-refractivity contribution in [2.24, 2.45) is 5.41 Å². The lowest BCUT2D eigenvalue weighted by atomic mass is 9.79. The average molecular weight is 140 g/mol.